The minimum atomic E-state index is -0.902. The smallest absolute Gasteiger partial charge is 0.313 e. The van der Waals surface area contributed by atoms with Gasteiger partial charge < -0.3 is 14.8 Å². The quantitative estimate of drug-likeness (QED) is 0.758. The van der Waals surface area contributed by atoms with Crippen LogP contribution in [0.5, 0.6) is 0 Å². The van der Waals surface area contributed by atoms with Crippen molar-refractivity contribution in [2.75, 3.05) is 5.75 Å². The summed E-state index contributed by atoms with van der Waals surface area (Å²) in [7, 11) is 0. The molecule has 0 aliphatic heterocycles. The van der Waals surface area contributed by atoms with Gasteiger partial charge in [-0.3, -0.25) is 4.79 Å². The number of thioether (sulfide) groups is 1. The molecule has 2 rings (SSSR count). The summed E-state index contributed by atoms with van der Waals surface area (Å²) < 4.78 is 1.81. The van der Waals surface area contributed by atoms with E-state index in [1.54, 1.807) is 11.3 Å². The number of aliphatic hydroxyl groups excluding tert-OH is 1. The highest BCUT2D eigenvalue weighted by molar-refractivity contribution is 7.99. The van der Waals surface area contributed by atoms with Crippen LogP contribution in [0.2, 0.25) is 0 Å². The summed E-state index contributed by atoms with van der Waals surface area (Å²) >= 11 is 2.75. The van der Waals surface area contributed by atoms with E-state index in [1.165, 1.54) is 5.56 Å². The van der Waals surface area contributed by atoms with Crippen molar-refractivity contribution in [3.05, 3.63) is 28.2 Å². The summed E-state index contributed by atoms with van der Waals surface area (Å²) in [6, 6.07) is 2.10. The Morgan fingerprint density at radius 3 is 2.95 bits per heavy atom. The van der Waals surface area contributed by atoms with Crippen LogP contribution < -0.4 is 0 Å². The Hall–Kier alpha value is -1.38. The molecule has 0 bridgehead atoms. The minimum absolute atomic E-state index is 0.0537. The van der Waals surface area contributed by atoms with Gasteiger partial charge in [-0.05, 0) is 35.7 Å². The summed E-state index contributed by atoms with van der Waals surface area (Å²) in [5, 5.41) is 30.6. The molecule has 1 unspecified atom stereocenters. The zero-order valence-corrected chi connectivity index (χ0v) is 12.5. The molecule has 0 saturated carbocycles. The van der Waals surface area contributed by atoms with E-state index in [0.717, 1.165) is 18.2 Å². The maximum atomic E-state index is 10.7. The largest absolute Gasteiger partial charge is 0.481 e. The lowest BCUT2D eigenvalue weighted by Gasteiger charge is -2.16. The van der Waals surface area contributed by atoms with Gasteiger partial charge in [0.25, 0.3) is 0 Å². The van der Waals surface area contributed by atoms with Gasteiger partial charge in [-0.1, -0.05) is 11.8 Å². The van der Waals surface area contributed by atoms with E-state index >= 15 is 0 Å². The number of nitrogens with zero attached hydrogens (tertiary/aromatic N) is 3. The molecule has 0 aliphatic carbocycles. The average Bonchev–Trinajstić information content (AvgIpc) is 3.04. The fourth-order valence-corrected chi connectivity index (χ4v) is 3.38. The standard InChI is InChI=1S/C12H15N3O3S2/c1-8(4-9-2-3-19-6-9)15-10(5-16)13-14-12(15)20-7-11(17)18/h2-3,6,8,16H,4-5,7H2,1H3,(H,17,18). The second-order valence-corrected chi connectivity index (χ2v) is 6.02. The number of thiophene rings is 1. The summed E-state index contributed by atoms with van der Waals surface area (Å²) in [5.41, 5.74) is 1.20. The van der Waals surface area contributed by atoms with E-state index in [9.17, 15) is 9.90 Å². The number of aliphatic carboxylic acids is 1. The molecule has 6 nitrogen and oxygen atoms in total. The van der Waals surface area contributed by atoms with Crippen LogP contribution in [0.1, 0.15) is 24.4 Å². The number of hydrogen-bond acceptors (Lipinski definition) is 6. The second-order valence-electron chi connectivity index (χ2n) is 4.29. The summed E-state index contributed by atoms with van der Waals surface area (Å²) in [4.78, 5) is 10.7. The number of carbonyl (C=O) groups is 1. The van der Waals surface area contributed by atoms with E-state index in [2.05, 4.69) is 15.6 Å². The van der Waals surface area contributed by atoms with Gasteiger partial charge in [-0.2, -0.15) is 11.3 Å². The fraction of sp³-hybridized carbons (Fsp3) is 0.417. The Morgan fingerprint density at radius 2 is 2.35 bits per heavy atom. The Labute approximate surface area is 124 Å². The number of carboxylic acids is 1. The van der Waals surface area contributed by atoms with Crippen LogP contribution in [0.4, 0.5) is 0 Å². The molecule has 0 aliphatic rings. The van der Waals surface area contributed by atoms with Crippen molar-refractivity contribution in [2.24, 2.45) is 0 Å². The fourth-order valence-electron chi connectivity index (χ4n) is 1.92. The Bertz CT molecular complexity index is 569. The molecule has 2 aromatic heterocycles. The van der Waals surface area contributed by atoms with Crippen molar-refractivity contribution in [1.82, 2.24) is 14.8 Å². The van der Waals surface area contributed by atoms with Gasteiger partial charge in [-0.25, -0.2) is 0 Å². The van der Waals surface area contributed by atoms with Crippen LogP contribution in [-0.4, -0.2) is 36.7 Å². The maximum absolute atomic E-state index is 10.7. The lowest BCUT2D eigenvalue weighted by molar-refractivity contribution is -0.133. The number of aliphatic hydroxyl groups is 1. The topological polar surface area (TPSA) is 88.2 Å². The van der Waals surface area contributed by atoms with Gasteiger partial charge in [-0.15, -0.1) is 10.2 Å². The molecule has 0 spiro atoms. The van der Waals surface area contributed by atoms with Crippen LogP contribution in [0.25, 0.3) is 0 Å². The highest BCUT2D eigenvalue weighted by Crippen LogP contribution is 2.24. The molecule has 0 fully saturated rings. The normalized spacial score (nSPS) is 12.5. The number of hydrogen-bond donors (Lipinski definition) is 2. The van der Waals surface area contributed by atoms with E-state index in [1.807, 2.05) is 22.9 Å². The molecular formula is C12H15N3O3S2. The number of carboxylic acid groups (broad SMARTS) is 1. The van der Waals surface area contributed by atoms with E-state index in [0.29, 0.717) is 11.0 Å². The third-order valence-corrected chi connectivity index (χ3v) is 4.41. The molecule has 0 aromatic carbocycles. The number of rotatable bonds is 7. The molecule has 1 atom stereocenters. The summed E-state index contributed by atoms with van der Waals surface area (Å²) in [6.07, 6.45) is 0.787. The third-order valence-electron chi connectivity index (χ3n) is 2.75. The van der Waals surface area contributed by atoms with Crippen LogP contribution in [0.3, 0.4) is 0 Å². The highest BCUT2D eigenvalue weighted by Gasteiger charge is 2.18. The van der Waals surface area contributed by atoms with Crippen LogP contribution >= 0.6 is 23.1 Å². The molecule has 108 valence electrons. The Balaban J connectivity index is 2.18. The van der Waals surface area contributed by atoms with Crippen molar-refractivity contribution >= 4 is 29.1 Å². The van der Waals surface area contributed by atoms with Crippen LogP contribution in [0.15, 0.2) is 22.0 Å². The lowest BCUT2D eigenvalue weighted by Crippen LogP contribution is -2.13. The lowest BCUT2D eigenvalue weighted by atomic mass is 10.1. The predicted octanol–water partition coefficient (Wildman–Crippen LogP) is 1.81. The molecule has 0 radical (unpaired) electrons. The summed E-state index contributed by atoms with van der Waals surface area (Å²) in [5.74, 6) is -0.518. The third kappa shape index (κ3) is 3.59. The molecule has 8 heteroatoms. The highest BCUT2D eigenvalue weighted by atomic mass is 32.2. The molecule has 2 heterocycles. The van der Waals surface area contributed by atoms with Crippen LogP contribution in [-0.2, 0) is 17.8 Å². The van der Waals surface area contributed by atoms with Crippen molar-refractivity contribution in [2.45, 2.75) is 31.1 Å². The van der Waals surface area contributed by atoms with Gasteiger partial charge in [0.15, 0.2) is 11.0 Å². The molecule has 20 heavy (non-hydrogen) atoms. The zero-order valence-electron chi connectivity index (χ0n) is 10.9. The molecule has 2 aromatic rings. The number of aromatic nitrogens is 3. The molecule has 0 amide bonds. The van der Waals surface area contributed by atoms with Crippen molar-refractivity contribution in [3.63, 3.8) is 0 Å². The minimum Gasteiger partial charge on any atom is -0.481 e. The van der Waals surface area contributed by atoms with Gasteiger partial charge in [0, 0.05) is 6.04 Å². The first-order chi connectivity index (χ1) is 9.61. The monoisotopic (exact) mass is 313 g/mol. The summed E-state index contributed by atoms with van der Waals surface area (Å²) in [6.45, 7) is 1.79. The first kappa shape index (κ1) is 15.0. The molecular weight excluding hydrogens is 298 g/mol. The second kappa shape index (κ2) is 6.87. The van der Waals surface area contributed by atoms with Gasteiger partial charge in [0.2, 0.25) is 0 Å². The van der Waals surface area contributed by atoms with Gasteiger partial charge in [0.1, 0.15) is 6.61 Å². The van der Waals surface area contributed by atoms with E-state index < -0.39 is 5.97 Å². The predicted molar refractivity (Wildman–Crippen MR) is 77.0 cm³/mol. The van der Waals surface area contributed by atoms with Crippen molar-refractivity contribution in [3.8, 4) is 0 Å². The molecule has 0 saturated heterocycles. The maximum Gasteiger partial charge on any atom is 0.313 e. The van der Waals surface area contributed by atoms with Crippen molar-refractivity contribution in [1.29, 1.82) is 0 Å². The first-order valence-electron chi connectivity index (χ1n) is 6.02. The van der Waals surface area contributed by atoms with E-state index in [-0.39, 0.29) is 18.4 Å². The Morgan fingerprint density at radius 1 is 1.55 bits per heavy atom. The van der Waals surface area contributed by atoms with Crippen molar-refractivity contribution < 1.29 is 15.0 Å². The zero-order chi connectivity index (χ0) is 14.5. The van der Waals surface area contributed by atoms with Gasteiger partial charge in [0.05, 0.1) is 5.75 Å². The van der Waals surface area contributed by atoms with Gasteiger partial charge >= 0.3 is 5.97 Å². The average molecular weight is 313 g/mol. The SMILES string of the molecule is CC(Cc1ccsc1)n1c(CO)nnc1SCC(=O)O. The Kier molecular flexibility index (Phi) is 5.16. The van der Waals surface area contributed by atoms with E-state index in [4.69, 9.17) is 5.11 Å². The molecule has 2 N–H and O–H groups in total. The first-order valence-corrected chi connectivity index (χ1v) is 7.95. The van der Waals surface area contributed by atoms with Crippen LogP contribution in [0, 0.1) is 0 Å².